The summed E-state index contributed by atoms with van der Waals surface area (Å²) in [6.07, 6.45) is -4.35. The molecule has 0 bridgehead atoms. The Morgan fingerprint density at radius 3 is 1.60 bits per heavy atom. The third-order valence-electron chi connectivity index (χ3n) is 11.5. The highest BCUT2D eigenvalue weighted by Gasteiger charge is 2.47. The van der Waals surface area contributed by atoms with E-state index in [4.69, 9.17) is 53.7 Å². The standard InChI is InChI=1S/C36H42N15O18P3S/c37-29-26-32(43-12-40-29)49(15-46-26)25-8-21(52)24(66-25)11-62-72(57,58)68-22-6-18(64-35(22)50-16-47-27-30(38)41-13-44-33(27)50)9-61-71(55,56)67-23-7-19(65-36(23)51-17-48-28-31(39)42-14-45-34(28)51)10-63-73(59,60)69-70(53,54)20-4-2-1-3-5-20/h1-5,12-19,21-25,35-36,52H,6-11H2,(H,53,54)(H,55,56)(H,57,58)(H2,37,40,43)(H2,38,41,44)(H2,39,42,45)/t18-,19-,21-,22+,23+,24+,25+,35+,36+/m0/s1. The Hall–Kier alpha value is -5.61. The van der Waals surface area contributed by atoms with Crippen LogP contribution in [0.4, 0.5) is 17.5 Å². The van der Waals surface area contributed by atoms with E-state index in [0.29, 0.717) is 11.2 Å². The lowest BCUT2D eigenvalue weighted by molar-refractivity contribution is -0.0625. The van der Waals surface area contributed by atoms with E-state index in [1.54, 1.807) is 0 Å². The summed E-state index contributed by atoms with van der Waals surface area (Å²) in [6, 6.07) is 6.69. The largest absolute Gasteiger partial charge is 0.472 e. The van der Waals surface area contributed by atoms with Crippen LogP contribution >= 0.6 is 23.2 Å². The van der Waals surface area contributed by atoms with Crippen LogP contribution in [0, 0.1) is 0 Å². The number of benzene rings is 1. The van der Waals surface area contributed by atoms with Crippen LogP contribution in [0.15, 0.2) is 68.3 Å². The SMILES string of the molecule is Nc1ncnc2c1ncn2[C@@H]1O[C@H](COP(=O)(O)O[C@@H]2C[C@@H](COS(=O)(=O)OP(=O)(O)c3ccccc3)O[C@H]2n2cnc3c(N)ncnc32)C[C@H]1OP(=O)(O)OC[C@H]1O[C@@H](n2cnc3c(N)ncnc32)C[C@@H]1O. The van der Waals surface area contributed by atoms with Crippen LogP contribution in [0.3, 0.4) is 0 Å². The number of aliphatic hydroxyl groups excluding tert-OH is 1. The molecule has 10 rings (SSSR count). The molecule has 9 heterocycles. The van der Waals surface area contributed by atoms with E-state index in [1.165, 1.54) is 69.3 Å². The first-order valence-electron chi connectivity index (χ1n) is 21.5. The monoisotopic (exact) mass is 1100 g/mol. The molecule has 12 atom stereocenters. The maximum absolute atomic E-state index is 13.8. The number of nitrogens with zero attached hydrogens (tertiary/aromatic N) is 12. The number of imidazole rings is 3. The Bertz CT molecular complexity index is 3430. The van der Waals surface area contributed by atoms with Gasteiger partial charge in [0.05, 0.1) is 62.4 Å². The van der Waals surface area contributed by atoms with Gasteiger partial charge in [0, 0.05) is 19.3 Å². The number of nitrogen functional groups attached to an aromatic ring is 3. The lowest BCUT2D eigenvalue weighted by atomic mass is 10.2. The van der Waals surface area contributed by atoms with Crippen LogP contribution in [0.5, 0.6) is 0 Å². The lowest BCUT2D eigenvalue weighted by Gasteiger charge is -2.24. The molecule has 6 aromatic heterocycles. The molecule has 0 saturated carbocycles. The first-order valence-corrected chi connectivity index (χ1v) is 27.4. The first kappa shape index (κ1) is 50.9. The van der Waals surface area contributed by atoms with Gasteiger partial charge in [-0.3, -0.25) is 36.4 Å². The van der Waals surface area contributed by atoms with Gasteiger partial charge >= 0.3 is 33.6 Å². The minimum Gasteiger partial charge on any atom is -0.390 e. The number of hydrogen-bond acceptors (Lipinski definition) is 27. The topological polar surface area (TPSA) is 458 Å². The number of anilines is 3. The predicted molar refractivity (Wildman–Crippen MR) is 244 cm³/mol. The second-order valence-corrected chi connectivity index (χ2v) is 22.4. The summed E-state index contributed by atoms with van der Waals surface area (Å²) in [5, 5.41) is 10.5. The third-order valence-corrected chi connectivity index (χ3v) is 16.5. The molecule has 3 aliphatic heterocycles. The molecular formula is C36H42N15O18P3S. The van der Waals surface area contributed by atoms with Gasteiger partial charge in [-0.1, -0.05) is 18.2 Å². The average Bonchev–Trinajstić information content (AvgIpc) is 4.21. The van der Waals surface area contributed by atoms with E-state index in [0.717, 1.165) is 12.7 Å². The van der Waals surface area contributed by atoms with Gasteiger partial charge in [0.15, 0.2) is 46.9 Å². The maximum atomic E-state index is 13.8. The summed E-state index contributed by atoms with van der Waals surface area (Å²) in [5.41, 5.74) is 19.0. The van der Waals surface area contributed by atoms with Gasteiger partial charge < -0.3 is 51.2 Å². The van der Waals surface area contributed by atoms with Crippen molar-refractivity contribution in [2.24, 2.45) is 0 Å². The summed E-state index contributed by atoms with van der Waals surface area (Å²) < 4.78 is 120. The fourth-order valence-corrected chi connectivity index (χ4v) is 12.5. The number of aromatic nitrogens is 12. The van der Waals surface area contributed by atoms with Crippen LogP contribution in [0.25, 0.3) is 33.5 Å². The molecule has 33 nitrogen and oxygen atoms in total. The molecule has 0 amide bonds. The number of ether oxygens (including phenoxy) is 3. The molecule has 37 heteroatoms. The predicted octanol–water partition coefficient (Wildman–Crippen LogP) is 0.269. The average molecular weight is 1100 g/mol. The molecule has 0 radical (unpaired) electrons. The molecule has 3 saturated heterocycles. The molecule has 1 aromatic carbocycles. The van der Waals surface area contributed by atoms with Crippen LogP contribution in [0.2, 0.25) is 0 Å². The molecule has 390 valence electrons. The fourth-order valence-electron chi connectivity index (χ4n) is 8.27. The summed E-state index contributed by atoms with van der Waals surface area (Å²) >= 11 is 0. The van der Waals surface area contributed by atoms with Crippen LogP contribution in [0.1, 0.15) is 37.9 Å². The lowest BCUT2D eigenvalue weighted by Crippen LogP contribution is -2.27. The van der Waals surface area contributed by atoms with Crippen LogP contribution in [-0.2, 0) is 64.6 Å². The number of hydrogen-bond donors (Lipinski definition) is 7. The van der Waals surface area contributed by atoms with Gasteiger partial charge in [-0.05, 0) is 12.1 Å². The normalized spacial score (nSPS) is 27.2. The molecule has 3 unspecified atom stereocenters. The van der Waals surface area contributed by atoms with Crippen molar-refractivity contribution in [1.82, 2.24) is 58.6 Å². The molecule has 3 aliphatic rings. The summed E-state index contributed by atoms with van der Waals surface area (Å²) in [5.74, 6) is 0.104. The van der Waals surface area contributed by atoms with E-state index in [2.05, 4.69) is 48.8 Å². The van der Waals surface area contributed by atoms with Crippen molar-refractivity contribution in [3.63, 3.8) is 0 Å². The molecule has 0 aliphatic carbocycles. The number of aliphatic hydroxyl groups is 1. The van der Waals surface area contributed by atoms with E-state index in [9.17, 15) is 41.9 Å². The van der Waals surface area contributed by atoms with Crippen LogP contribution < -0.4 is 22.5 Å². The number of rotatable bonds is 19. The second kappa shape index (κ2) is 19.9. The van der Waals surface area contributed by atoms with Crippen molar-refractivity contribution in [1.29, 1.82) is 0 Å². The highest BCUT2D eigenvalue weighted by Crippen LogP contribution is 2.53. The quantitative estimate of drug-likeness (QED) is 0.0534. The zero-order valence-electron chi connectivity index (χ0n) is 37.1. The van der Waals surface area contributed by atoms with Gasteiger partial charge in [-0.15, -0.1) is 0 Å². The minimum atomic E-state index is -5.19. The highest BCUT2D eigenvalue weighted by molar-refractivity contribution is 7.88. The van der Waals surface area contributed by atoms with Gasteiger partial charge in [0.25, 0.3) is 0 Å². The molecule has 0 spiro atoms. The Labute approximate surface area is 409 Å². The smallest absolute Gasteiger partial charge is 0.390 e. The molecule has 73 heavy (non-hydrogen) atoms. The van der Waals surface area contributed by atoms with Crippen molar-refractivity contribution in [3.05, 3.63) is 68.3 Å². The number of fused-ring (bicyclic) bond motifs is 3. The highest BCUT2D eigenvalue weighted by atomic mass is 32.3. The van der Waals surface area contributed by atoms with E-state index in [-0.39, 0.29) is 64.3 Å². The van der Waals surface area contributed by atoms with Crippen molar-refractivity contribution in [2.75, 3.05) is 37.0 Å². The van der Waals surface area contributed by atoms with E-state index in [1.807, 2.05) is 0 Å². The number of nitrogens with two attached hydrogens (primary N) is 3. The Morgan fingerprint density at radius 2 is 1.08 bits per heavy atom. The van der Waals surface area contributed by atoms with Crippen molar-refractivity contribution >= 4 is 89.9 Å². The van der Waals surface area contributed by atoms with Crippen molar-refractivity contribution in [2.45, 2.75) is 74.6 Å². The molecule has 10 N–H and O–H groups in total. The zero-order chi connectivity index (χ0) is 51.5. The fraction of sp³-hybridized carbons (Fsp3) is 0.417. The third kappa shape index (κ3) is 10.8. The molecule has 7 aromatic rings. The zero-order valence-corrected chi connectivity index (χ0v) is 40.6. The van der Waals surface area contributed by atoms with Crippen molar-refractivity contribution in [3.8, 4) is 0 Å². The van der Waals surface area contributed by atoms with Gasteiger partial charge in [-0.2, -0.15) is 12.4 Å². The van der Waals surface area contributed by atoms with E-state index >= 15 is 0 Å². The molecular weight excluding hydrogens is 1060 g/mol. The summed E-state index contributed by atoms with van der Waals surface area (Å²) in [4.78, 5) is 69.5. The second-order valence-electron chi connectivity index (χ2n) is 16.4. The van der Waals surface area contributed by atoms with E-state index < -0.39 is 109 Å². The van der Waals surface area contributed by atoms with Gasteiger partial charge in [0.1, 0.15) is 60.1 Å². The summed E-state index contributed by atoms with van der Waals surface area (Å²) in [6.45, 7) is -2.18. The Morgan fingerprint density at radius 1 is 0.616 bits per heavy atom. The number of phosphoric ester groups is 2. The first-order chi connectivity index (χ1) is 34.7. The maximum Gasteiger partial charge on any atom is 0.472 e. The number of phosphoric acid groups is 2. The van der Waals surface area contributed by atoms with Crippen LogP contribution in [-0.4, -0.2) is 143 Å². The Kier molecular flexibility index (Phi) is 13.9. The summed E-state index contributed by atoms with van der Waals surface area (Å²) in [7, 11) is -20.3. The molecule has 3 fully saturated rings. The van der Waals surface area contributed by atoms with Gasteiger partial charge in [0.2, 0.25) is 0 Å². The van der Waals surface area contributed by atoms with Gasteiger partial charge in [-0.25, -0.2) is 58.2 Å². The Balaban J connectivity index is 0.820. The van der Waals surface area contributed by atoms with Crippen molar-refractivity contribution < 1.29 is 82.4 Å². The minimum absolute atomic E-state index is 0.00161.